The molecule has 5 nitrogen and oxygen atoms in total. The van der Waals surface area contributed by atoms with Crippen molar-refractivity contribution in [3.8, 4) is 0 Å². The van der Waals surface area contributed by atoms with Crippen LogP contribution in [0.15, 0.2) is 41.3 Å². The molecule has 120 valence electrons. The fourth-order valence-corrected chi connectivity index (χ4v) is 4.09. The summed E-state index contributed by atoms with van der Waals surface area (Å²) >= 11 is 11.8. The first kappa shape index (κ1) is 16.1. The molecule has 0 radical (unpaired) electrons. The fourth-order valence-electron chi connectivity index (χ4n) is 2.28. The van der Waals surface area contributed by atoms with Crippen molar-refractivity contribution in [2.24, 2.45) is 7.05 Å². The number of nitrogens with zero attached hydrogens (tertiary/aromatic N) is 2. The molecule has 0 atom stereocenters. The van der Waals surface area contributed by atoms with E-state index in [9.17, 15) is 8.42 Å². The highest BCUT2D eigenvalue weighted by molar-refractivity contribution is 7.92. The van der Waals surface area contributed by atoms with E-state index in [1.807, 2.05) is 24.6 Å². The van der Waals surface area contributed by atoms with E-state index in [0.29, 0.717) is 16.2 Å². The third-order valence-corrected chi connectivity index (χ3v) is 5.64. The van der Waals surface area contributed by atoms with Crippen LogP contribution in [0.3, 0.4) is 0 Å². The van der Waals surface area contributed by atoms with Crippen LogP contribution in [0, 0.1) is 6.92 Å². The van der Waals surface area contributed by atoms with Crippen molar-refractivity contribution >= 4 is 49.9 Å². The predicted molar refractivity (Wildman–Crippen MR) is 92.7 cm³/mol. The Bertz CT molecular complexity index is 1010. The summed E-state index contributed by atoms with van der Waals surface area (Å²) in [6.07, 6.45) is 0. The van der Waals surface area contributed by atoms with Gasteiger partial charge >= 0.3 is 0 Å². The number of halogens is 2. The second-order valence-electron chi connectivity index (χ2n) is 5.10. The molecule has 0 amide bonds. The Hall–Kier alpha value is -1.76. The van der Waals surface area contributed by atoms with Crippen molar-refractivity contribution in [2.75, 3.05) is 4.72 Å². The number of imidazole rings is 1. The molecule has 0 bridgehead atoms. The summed E-state index contributed by atoms with van der Waals surface area (Å²) in [5, 5.41) is 0.405. The van der Waals surface area contributed by atoms with Gasteiger partial charge in [0.1, 0.15) is 10.7 Å². The molecule has 1 N–H and O–H groups in total. The van der Waals surface area contributed by atoms with E-state index in [-0.39, 0.29) is 9.92 Å². The van der Waals surface area contributed by atoms with E-state index >= 15 is 0 Å². The number of benzene rings is 2. The van der Waals surface area contributed by atoms with Crippen LogP contribution in [0.1, 0.15) is 5.82 Å². The molecule has 0 saturated heterocycles. The van der Waals surface area contributed by atoms with Gasteiger partial charge in [0.05, 0.1) is 21.7 Å². The zero-order valence-corrected chi connectivity index (χ0v) is 14.7. The van der Waals surface area contributed by atoms with Crippen LogP contribution >= 0.6 is 23.2 Å². The van der Waals surface area contributed by atoms with Crippen molar-refractivity contribution in [1.29, 1.82) is 0 Å². The molecule has 8 heteroatoms. The summed E-state index contributed by atoms with van der Waals surface area (Å²) in [5.41, 5.74) is 2.04. The molecule has 1 heterocycles. The van der Waals surface area contributed by atoms with Gasteiger partial charge in [-0.05, 0) is 43.3 Å². The molecule has 0 unspecified atom stereocenters. The third kappa shape index (κ3) is 3.02. The number of hydrogen-bond acceptors (Lipinski definition) is 3. The van der Waals surface area contributed by atoms with Crippen molar-refractivity contribution < 1.29 is 8.42 Å². The topological polar surface area (TPSA) is 64.0 Å². The number of anilines is 1. The van der Waals surface area contributed by atoms with Gasteiger partial charge in [0, 0.05) is 12.1 Å². The maximum absolute atomic E-state index is 12.5. The molecule has 0 fully saturated rings. The number of sulfonamides is 1. The molecule has 3 aromatic rings. The van der Waals surface area contributed by atoms with E-state index in [4.69, 9.17) is 23.2 Å². The highest BCUT2D eigenvalue weighted by atomic mass is 35.5. The summed E-state index contributed by atoms with van der Waals surface area (Å²) in [7, 11) is -1.94. The van der Waals surface area contributed by atoms with E-state index in [1.54, 1.807) is 12.1 Å². The smallest absolute Gasteiger partial charge is 0.263 e. The molecule has 23 heavy (non-hydrogen) atoms. The number of rotatable bonds is 3. The minimum absolute atomic E-state index is 0.0658. The Morgan fingerprint density at radius 1 is 1.13 bits per heavy atom. The highest BCUT2D eigenvalue weighted by Gasteiger charge is 2.19. The van der Waals surface area contributed by atoms with Gasteiger partial charge in [0.15, 0.2) is 0 Å². The van der Waals surface area contributed by atoms with Gasteiger partial charge in [-0.3, -0.25) is 4.72 Å². The van der Waals surface area contributed by atoms with Crippen molar-refractivity contribution in [3.63, 3.8) is 0 Å². The van der Waals surface area contributed by atoms with E-state index in [0.717, 1.165) is 11.3 Å². The average Bonchev–Trinajstić information content (AvgIpc) is 2.75. The minimum Gasteiger partial charge on any atom is -0.331 e. The quantitative estimate of drug-likeness (QED) is 0.758. The highest BCUT2D eigenvalue weighted by Crippen LogP contribution is 2.28. The zero-order valence-electron chi connectivity index (χ0n) is 12.3. The van der Waals surface area contributed by atoms with E-state index in [2.05, 4.69) is 9.71 Å². The van der Waals surface area contributed by atoms with Crippen LogP contribution in [0.5, 0.6) is 0 Å². The van der Waals surface area contributed by atoms with Crippen molar-refractivity contribution in [1.82, 2.24) is 9.55 Å². The van der Waals surface area contributed by atoms with Crippen LogP contribution in [-0.4, -0.2) is 18.0 Å². The van der Waals surface area contributed by atoms with Gasteiger partial charge in [-0.2, -0.15) is 0 Å². The van der Waals surface area contributed by atoms with Gasteiger partial charge in [0.25, 0.3) is 10.0 Å². The Kier molecular flexibility index (Phi) is 4.00. The SMILES string of the molecule is Cc1nc2cc(NS(=O)(=O)c3cc(Cl)ccc3Cl)ccc2n1C. The maximum atomic E-state index is 12.5. The van der Waals surface area contributed by atoms with Crippen LogP contribution in [0.4, 0.5) is 5.69 Å². The van der Waals surface area contributed by atoms with Gasteiger partial charge in [-0.25, -0.2) is 13.4 Å². The Morgan fingerprint density at radius 3 is 2.61 bits per heavy atom. The first-order chi connectivity index (χ1) is 10.8. The Morgan fingerprint density at radius 2 is 1.87 bits per heavy atom. The first-order valence-electron chi connectivity index (χ1n) is 6.69. The molecule has 3 rings (SSSR count). The predicted octanol–water partition coefficient (Wildman–Crippen LogP) is 3.99. The summed E-state index contributed by atoms with van der Waals surface area (Å²) in [6.45, 7) is 1.88. The largest absolute Gasteiger partial charge is 0.331 e. The van der Waals surface area contributed by atoms with Crippen LogP contribution in [0.25, 0.3) is 11.0 Å². The standard InChI is InChI=1S/C15H13Cl2N3O2S/c1-9-18-13-8-11(4-6-14(13)20(9)2)19-23(21,22)15-7-10(16)3-5-12(15)17/h3-8,19H,1-2H3. The minimum atomic E-state index is -3.84. The monoisotopic (exact) mass is 369 g/mol. The maximum Gasteiger partial charge on any atom is 0.263 e. The number of aromatic nitrogens is 2. The van der Waals surface area contributed by atoms with Gasteiger partial charge < -0.3 is 4.57 Å². The van der Waals surface area contributed by atoms with E-state index < -0.39 is 10.0 Å². The average molecular weight is 370 g/mol. The Balaban J connectivity index is 2.02. The number of aryl methyl sites for hydroxylation is 2. The second kappa shape index (κ2) is 5.70. The van der Waals surface area contributed by atoms with Crippen LogP contribution in [-0.2, 0) is 17.1 Å². The molecule has 0 aliphatic carbocycles. The molecule has 0 saturated carbocycles. The summed E-state index contributed by atoms with van der Waals surface area (Å²) < 4.78 is 29.4. The lowest BCUT2D eigenvalue weighted by Gasteiger charge is -2.10. The van der Waals surface area contributed by atoms with E-state index in [1.165, 1.54) is 18.2 Å². The number of nitrogens with one attached hydrogen (secondary N) is 1. The van der Waals surface area contributed by atoms with Crippen molar-refractivity contribution in [3.05, 3.63) is 52.3 Å². The molecule has 0 aliphatic rings. The molecule has 0 aliphatic heterocycles. The summed E-state index contributed by atoms with van der Waals surface area (Å²) in [6, 6.07) is 9.47. The zero-order chi connectivity index (χ0) is 16.8. The van der Waals surface area contributed by atoms with Gasteiger partial charge in [-0.1, -0.05) is 23.2 Å². The summed E-state index contributed by atoms with van der Waals surface area (Å²) in [4.78, 5) is 4.32. The molecular formula is C15H13Cl2N3O2S. The fraction of sp³-hybridized carbons (Fsp3) is 0.133. The molecule has 2 aromatic carbocycles. The number of fused-ring (bicyclic) bond motifs is 1. The van der Waals surface area contributed by atoms with Crippen LogP contribution in [0.2, 0.25) is 10.0 Å². The Labute approximate surface area is 143 Å². The normalized spacial score (nSPS) is 11.8. The number of hydrogen-bond donors (Lipinski definition) is 1. The van der Waals surface area contributed by atoms with Crippen molar-refractivity contribution in [2.45, 2.75) is 11.8 Å². The lowest BCUT2D eigenvalue weighted by atomic mass is 10.3. The summed E-state index contributed by atoms with van der Waals surface area (Å²) in [5.74, 6) is 0.845. The lowest BCUT2D eigenvalue weighted by Crippen LogP contribution is -2.13. The lowest BCUT2D eigenvalue weighted by molar-refractivity contribution is 0.601. The van der Waals surface area contributed by atoms with Crippen LogP contribution < -0.4 is 4.72 Å². The molecule has 0 spiro atoms. The molecule has 1 aromatic heterocycles. The van der Waals surface area contributed by atoms with Gasteiger partial charge in [0.2, 0.25) is 0 Å². The van der Waals surface area contributed by atoms with Gasteiger partial charge in [-0.15, -0.1) is 0 Å². The first-order valence-corrected chi connectivity index (χ1v) is 8.93. The molecular weight excluding hydrogens is 357 g/mol. The third-order valence-electron chi connectivity index (χ3n) is 3.54. The second-order valence-corrected chi connectivity index (χ2v) is 7.60.